The van der Waals surface area contributed by atoms with Crippen LogP contribution in [0.1, 0.15) is 38.4 Å². The normalized spacial score (nSPS) is 19.5. The third kappa shape index (κ3) is 4.50. The van der Waals surface area contributed by atoms with Gasteiger partial charge in [-0.25, -0.2) is 9.37 Å². The number of imidazole rings is 1. The Morgan fingerprint density at radius 1 is 1.02 bits per heavy atom. The van der Waals surface area contributed by atoms with Crippen LogP contribution in [-0.2, 0) is 22.6 Å². The second kappa shape index (κ2) is 10.4. The van der Waals surface area contributed by atoms with Crippen molar-refractivity contribution in [3.05, 3.63) is 42.1 Å². The molecule has 3 aromatic heterocycles. The number of benzene rings is 1. The van der Waals surface area contributed by atoms with Crippen LogP contribution in [0.4, 0.5) is 10.2 Å². The third-order valence-electron chi connectivity index (χ3n) is 8.61. The maximum Gasteiger partial charge on any atom is 0.238 e. The molecule has 4 aromatic rings. The Morgan fingerprint density at radius 2 is 1.85 bits per heavy atom. The first-order valence-electron chi connectivity index (χ1n) is 14.5. The topological polar surface area (TPSA) is 84.5 Å². The molecule has 210 valence electrons. The molecule has 10 nitrogen and oxygen atoms in total. The van der Waals surface area contributed by atoms with E-state index in [0.29, 0.717) is 37.5 Å². The second-order valence-electron chi connectivity index (χ2n) is 11.0. The zero-order valence-electron chi connectivity index (χ0n) is 22.9. The van der Waals surface area contributed by atoms with Crippen molar-refractivity contribution in [1.82, 2.24) is 33.9 Å². The van der Waals surface area contributed by atoms with E-state index in [9.17, 15) is 9.18 Å². The largest absolute Gasteiger partial charge is 0.378 e. The smallest absolute Gasteiger partial charge is 0.238 e. The lowest BCUT2D eigenvalue weighted by atomic mass is 10.0. The van der Waals surface area contributed by atoms with Gasteiger partial charge in [-0.3, -0.25) is 14.3 Å². The molecule has 11 heteroatoms. The van der Waals surface area contributed by atoms with Gasteiger partial charge < -0.3 is 19.1 Å². The monoisotopic (exact) mass is 546 g/mol. The van der Waals surface area contributed by atoms with E-state index in [2.05, 4.69) is 26.2 Å². The first kappa shape index (κ1) is 25.4. The minimum atomic E-state index is -0.264. The number of halogens is 1. The molecule has 0 atom stereocenters. The number of likely N-dealkylation sites (tertiary alicyclic amines) is 2. The Morgan fingerprint density at radius 3 is 2.60 bits per heavy atom. The zero-order valence-corrected chi connectivity index (χ0v) is 22.9. The Kier molecular flexibility index (Phi) is 6.63. The number of carbonyl (C=O) groups is 1. The predicted octanol–water partition coefficient (Wildman–Crippen LogP) is 3.35. The molecule has 3 aliphatic rings. The van der Waals surface area contributed by atoms with Gasteiger partial charge in [-0.15, -0.1) is 0 Å². The molecule has 0 spiro atoms. The Hall–Kier alpha value is -3.57. The van der Waals surface area contributed by atoms with E-state index in [1.165, 1.54) is 12.1 Å². The number of ether oxygens (including phenoxy) is 1. The van der Waals surface area contributed by atoms with E-state index in [0.717, 1.165) is 98.8 Å². The highest BCUT2D eigenvalue weighted by Gasteiger charge is 2.31. The van der Waals surface area contributed by atoms with Gasteiger partial charge in [0.1, 0.15) is 11.6 Å². The van der Waals surface area contributed by atoms with Crippen LogP contribution in [0.15, 0.2) is 30.5 Å². The van der Waals surface area contributed by atoms with Crippen LogP contribution in [0.3, 0.4) is 0 Å². The molecule has 3 aliphatic heterocycles. The fraction of sp³-hybridized carbons (Fsp3) is 0.517. The molecular weight excluding hydrogens is 511 g/mol. The summed E-state index contributed by atoms with van der Waals surface area (Å²) in [4.78, 5) is 34.3. The number of hydrogen-bond acceptors (Lipinski definition) is 7. The van der Waals surface area contributed by atoms with Crippen LogP contribution in [0.5, 0.6) is 0 Å². The van der Waals surface area contributed by atoms with Gasteiger partial charge in [0.15, 0.2) is 17.0 Å². The summed E-state index contributed by atoms with van der Waals surface area (Å²) in [5.41, 5.74) is 2.48. The number of anilines is 1. The summed E-state index contributed by atoms with van der Waals surface area (Å²) in [5, 5.41) is 0.806. The molecule has 3 saturated heterocycles. The molecule has 0 bridgehead atoms. The average Bonchev–Trinajstić information content (AvgIpc) is 3.69. The molecule has 0 N–H and O–H groups in total. The van der Waals surface area contributed by atoms with Crippen LogP contribution in [0, 0.1) is 5.82 Å². The van der Waals surface area contributed by atoms with Crippen molar-refractivity contribution in [2.75, 3.05) is 50.8 Å². The van der Waals surface area contributed by atoms with E-state index in [4.69, 9.17) is 19.7 Å². The highest BCUT2D eigenvalue weighted by Crippen LogP contribution is 2.30. The maximum absolute atomic E-state index is 13.9. The van der Waals surface area contributed by atoms with Crippen molar-refractivity contribution in [2.45, 2.75) is 51.7 Å². The Bertz CT molecular complexity index is 1550. The van der Waals surface area contributed by atoms with Gasteiger partial charge in [-0.05, 0) is 50.5 Å². The van der Waals surface area contributed by atoms with Gasteiger partial charge in [0.2, 0.25) is 11.9 Å². The number of piperidine rings is 1. The minimum Gasteiger partial charge on any atom is -0.378 e. The third-order valence-corrected chi connectivity index (χ3v) is 8.61. The molecule has 0 aliphatic carbocycles. The standard InChI is InChI=1S/C29H35FN8O2/c1-2-36-24(19-34-11-8-22(9-12-34)37-10-3-4-25(37)39)31-26-27(35-14-16-40-17-15-35)32-29(33-28(26)36)38-13-7-20-18-21(30)5-6-23(20)38/h5-7,13,18,22H,2-4,8-12,14-17,19H2,1H3. The molecule has 40 heavy (non-hydrogen) atoms. The van der Waals surface area contributed by atoms with Crippen molar-refractivity contribution >= 4 is 33.8 Å². The van der Waals surface area contributed by atoms with Crippen molar-refractivity contribution in [2.24, 2.45) is 0 Å². The summed E-state index contributed by atoms with van der Waals surface area (Å²) in [6.45, 7) is 9.15. The molecule has 7 rings (SSSR count). The van der Waals surface area contributed by atoms with Gasteiger partial charge in [0.05, 0.1) is 25.3 Å². The number of amides is 1. The van der Waals surface area contributed by atoms with Gasteiger partial charge in [-0.2, -0.15) is 9.97 Å². The van der Waals surface area contributed by atoms with E-state index in [1.54, 1.807) is 6.07 Å². The van der Waals surface area contributed by atoms with Gasteiger partial charge in [0, 0.05) is 63.3 Å². The molecule has 1 aromatic carbocycles. The highest BCUT2D eigenvalue weighted by molar-refractivity contribution is 5.86. The van der Waals surface area contributed by atoms with E-state index >= 15 is 0 Å². The van der Waals surface area contributed by atoms with Crippen LogP contribution < -0.4 is 4.90 Å². The maximum atomic E-state index is 13.9. The quantitative estimate of drug-likeness (QED) is 0.367. The fourth-order valence-electron chi connectivity index (χ4n) is 6.51. The van der Waals surface area contributed by atoms with Gasteiger partial charge in [-0.1, -0.05) is 0 Å². The van der Waals surface area contributed by atoms with E-state index in [-0.39, 0.29) is 5.82 Å². The Labute approximate surface area is 232 Å². The highest BCUT2D eigenvalue weighted by atomic mass is 19.1. The summed E-state index contributed by atoms with van der Waals surface area (Å²) < 4.78 is 23.6. The zero-order chi connectivity index (χ0) is 27.2. The summed E-state index contributed by atoms with van der Waals surface area (Å²) in [6, 6.07) is 7.03. The van der Waals surface area contributed by atoms with Gasteiger partial charge >= 0.3 is 0 Å². The lowest BCUT2D eigenvalue weighted by Crippen LogP contribution is -2.45. The van der Waals surface area contributed by atoms with Gasteiger partial charge in [0.25, 0.3) is 0 Å². The minimum absolute atomic E-state index is 0.264. The van der Waals surface area contributed by atoms with Crippen molar-refractivity contribution in [3.8, 4) is 5.95 Å². The van der Waals surface area contributed by atoms with E-state index < -0.39 is 0 Å². The van der Waals surface area contributed by atoms with Crippen LogP contribution in [0.2, 0.25) is 0 Å². The van der Waals surface area contributed by atoms with Crippen molar-refractivity contribution in [1.29, 1.82) is 0 Å². The number of nitrogens with zero attached hydrogens (tertiary/aromatic N) is 8. The molecule has 3 fully saturated rings. The summed E-state index contributed by atoms with van der Waals surface area (Å²) in [5.74, 6) is 2.39. The number of morpholine rings is 1. The lowest BCUT2D eigenvalue weighted by Gasteiger charge is -2.36. The summed E-state index contributed by atoms with van der Waals surface area (Å²) in [7, 11) is 0. The predicted molar refractivity (Wildman–Crippen MR) is 150 cm³/mol. The van der Waals surface area contributed by atoms with Crippen LogP contribution >= 0.6 is 0 Å². The number of aromatic nitrogens is 5. The van der Waals surface area contributed by atoms with Crippen molar-refractivity contribution < 1.29 is 13.9 Å². The van der Waals surface area contributed by atoms with Crippen molar-refractivity contribution in [3.63, 3.8) is 0 Å². The molecule has 1 amide bonds. The Balaban J connectivity index is 1.24. The summed E-state index contributed by atoms with van der Waals surface area (Å²) >= 11 is 0. The first-order valence-corrected chi connectivity index (χ1v) is 14.5. The molecule has 6 heterocycles. The SMILES string of the molecule is CCn1c(CN2CCC(N3CCCC3=O)CC2)nc2c(N3CCOCC3)nc(-n3ccc4cc(F)ccc43)nc21. The molecular formula is C29H35FN8O2. The van der Waals surface area contributed by atoms with Crippen LogP contribution in [0.25, 0.3) is 28.0 Å². The molecule has 0 unspecified atom stereocenters. The second-order valence-corrected chi connectivity index (χ2v) is 11.0. The van der Waals surface area contributed by atoms with E-state index in [1.807, 2.05) is 16.8 Å². The molecule has 0 radical (unpaired) electrons. The summed E-state index contributed by atoms with van der Waals surface area (Å²) in [6.07, 6.45) is 5.59. The fourth-order valence-corrected chi connectivity index (χ4v) is 6.51. The number of rotatable bonds is 6. The average molecular weight is 547 g/mol. The van der Waals surface area contributed by atoms with Crippen LogP contribution in [-0.4, -0.2) is 91.8 Å². The lowest BCUT2D eigenvalue weighted by molar-refractivity contribution is -0.130. The first-order chi connectivity index (χ1) is 19.6. The molecule has 0 saturated carbocycles. The number of fused-ring (bicyclic) bond motifs is 2. The number of aryl methyl sites for hydroxylation is 1. The number of hydrogen-bond donors (Lipinski definition) is 0. The number of carbonyl (C=O) groups excluding carboxylic acids is 1.